The van der Waals surface area contributed by atoms with Crippen LogP contribution in [0.1, 0.15) is 50.5 Å². The third-order valence-corrected chi connectivity index (χ3v) is 3.76. The highest BCUT2D eigenvalue weighted by atomic mass is 35.5. The van der Waals surface area contributed by atoms with Crippen LogP contribution in [0.15, 0.2) is 29.1 Å². The van der Waals surface area contributed by atoms with Gasteiger partial charge in [-0.05, 0) is 26.3 Å². The molecule has 0 fully saturated rings. The van der Waals surface area contributed by atoms with Crippen LogP contribution < -0.4 is 16.6 Å². The molecule has 1 aromatic heterocycles. The molecule has 0 bridgehead atoms. The Labute approximate surface area is 154 Å². The summed E-state index contributed by atoms with van der Waals surface area (Å²) in [6.07, 6.45) is 2.93. The summed E-state index contributed by atoms with van der Waals surface area (Å²) < 4.78 is 1.40. The number of carbonyl (C=O) groups excluding carboxylic acids is 1. The third-order valence-electron chi connectivity index (χ3n) is 3.76. The maximum atomic E-state index is 12.6. The van der Waals surface area contributed by atoms with Crippen LogP contribution in [0.5, 0.6) is 0 Å². The minimum atomic E-state index is -0.513. The van der Waals surface area contributed by atoms with E-state index >= 15 is 0 Å². The fourth-order valence-corrected chi connectivity index (χ4v) is 2.46. The van der Waals surface area contributed by atoms with Crippen molar-refractivity contribution in [3.05, 3.63) is 40.3 Å². The van der Waals surface area contributed by atoms with Crippen molar-refractivity contribution in [3.8, 4) is 0 Å². The van der Waals surface area contributed by atoms with Gasteiger partial charge in [0.1, 0.15) is 0 Å². The maximum Gasteiger partial charge on any atom is 0.274 e. The molecule has 1 aromatic carbocycles. The lowest BCUT2D eigenvalue weighted by Gasteiger charge is -2.19. The van der Waals surface area contributed by atoms with E-state index in [-0.39, 0.29) is 29.6 Å². The molecule has 7 heteroatoms. The van der Waals surface area contributed by atoms with E-state index in [2.05, 4.69) is 17.3 Å². The van der Waals surface area contributed by atoms with Crippen molar-refractivity contribution in [2.45, 2.75) is 52.1 Å². The van der Waals surface area contributed by atoms with Gasteiger partial charge >= 0.3 is 0 Å². The summed E-state index contributed by atoms with van der Waals surface area (Å²) >= 11 is 0. The number of carbonyl (C=O) groups is 1. The average Bonchev–Trinajstić information content (AvgIpc) is 2.54. The smallest absolute Gasteiger partial charge is 0.274 e. The van der Waals surface area contributed by atoms with Crippen LogP contribution in [0.25, 0.3) is 10.8 Å². The molecule has 0 spiro atoms. The SMILES string of the molecule is CCCCCn1nc(C(=O)NCC(C)(C)N)c2ccccc2c1=O.Cl. The topological polar surface area (TPSA) is 90.0 Å². The van der Waals surface area contributed by atoms with Crippen LogP contribution in [0.3, 0.4) is 0 Å². The zero-order valence-corrected chi connectivity index (χ0v) is 15.9. The molecule has 0 radical (unpaired) electrons. The lowest BCUT2D eigenvalue weighted by molar-refractivity contribution is 0.0940. The first-order valence-corrected chi connectivity index (χ1v) is 8.40. The van der Waals surface area contributed by atoms with Gasteiger partial charge in [-0.3, -0.25) is 9.59 Å². The molecule has 2 aromatic rings. The quantitative estimate of drug-likeness (QED) is 0.736. The van der Waals surface area contributed by atoms with Gasteiger partial charge in [0.2, 0.25) is 0 Å². The predicted octanol–water partition coefficient (Wildman–Crippen LogP) is 2.48. The number of hydrogen-bond acceptors (Lipinski definition) is 4. The molecule has 0 saturated heterocycles. The summed E-state index contributed by atoms with van der Waals surface area (Å²) in [6, 6.07) is 7.08. The van der Waals surface area contributed by atoms with Crippen molar-refractivity contribution in [1.82, 2.24) is 15.1 Å². The number of nitrogens with zero attached hydrogens (tertiary/aromatic N) is 2. The molecule has 1 heterocycles. The van der Waals surface area contributed by atoms with Crippen LogP contribution in [0.4, 0.5) is 0 Å². The van der Waals surface area contributed by atoms with E-state index in [1.54, 1.807) is 24.3 Å². The largest absolute Gasteiger partial charge is 0.349 e. The Balaban J connectivity index is 0.00000312. The number of benzene rings is 1. The number of aryl methyl sites for hydroxylation is 1. The molecule has 0 aliphatic carbocycles. The van der Waals surface area contributed by atoms with E-state index in [0.29, 0.717) is 23.9 Å². The summed E-state index contributed by atoms with van der Waals surface area (Å²) in [7, 11) is 0. The fraction of sp³-hybridized carbons (Fsp3) is 0.500. The molecule has 0 aliphatic rings. The summed E-state index contributed by atoms with van der Waals surface area (Å²) in [5.41, 5.74) is 5.52. The number of rotatable bonds is 7. The Hall–Kier alpha value is -1.92. The van der Waals surface area contributed by atoms with Gasteiger partial charge in [0, 0.05) is 24.0 Å². The van der Waals surface area contributed by atoms with E-state index in [1.165, 1.54) is 4.68 Å². The van der Waals surface area contributed by atoms with E-state index < -0.39 is 5.54 Å². The van der Waals surface area contributed by atoms with Gasteiger partial charge < -0.3 is 11.1 Å². The van der Waals surface area contributed by atoms with Gasteiger partial charge in [0.05, 0.1) is 5.39 Å². The van der Waals surface area contributed by atoms with Gasteiger partial charge in [-0.1, -0.05) is 38.0 Å². The van der Waals surface area contributed by atoms with Gasteiger partial charge in [0.25, 0.3) is 11.5 Å². The summed E-state index contributed by atoms with van der Waals surface area (Å²) in [5.74, 6) is -0.311. The van der Waals surface area contributed by atoms with Gasteiger partial charge in [-0.25, -0.2) is 4.68 Å². The normalized spacial score (nSPS) is 11.2. The number of fused-ring (bicyclic) bond motifs is 1. The lowest BCUT2D eigenvalue weighted by Crippen LogP contribution is -2.45. The number of amides is 1. The Kier molecular flexibility index (Phi) is 7.58. The Morgan fingerprint density at radius 3 is 2.48 bits per heavy atom. The third kappa shape index (κ3) is 5.54. The minimum Gasteiger partial charge on any atom is -0.349 e. The zero-order chi connectivity index (χ0) is 17.7. The molecule has 0 unspecified atom stereocenters. The first kappa shape index (κ1) is 21.1. The first-order valence-electron chi connectivity index (χ1n) is 8.40. The molecule has 0 saturated carbocycles. The van der Waals surface area contributed by atoms with Crippen molar-refractivity contribution in [1.29, 1.82) is 0 Å². The van der Waals surface area contributed by atoms with E-state index in [0.717, 1.165) is 19.3 Å². The number of hydrogen-bond donors (Lipinski definition) is 2. The first-order chi connectivity index (χ1) is 11.3. The van der Waals surface area contributed by atoms with Crippen LogP contribution >= 0.6 is 12.4 Å². The lowest BCUT2D eigenvalue weighted by atomic mass is 10.1. The highest BCUT2D eigenvalue weighted by Gasteiger charge is 2.18. The number of nitrogens with two attached hydrogens (primary N) is 1. The van der Waals surface area contributed by atoms with Crippen molar-refractivity contribution < 1.29 is 4.79 Å². The van der Waals surface area contributed by atoms with Crippen molar-refractivity contribution in [3.63, 3.8) is 0 Å². The second-order valence-corrected chi connectivity index (χ2v) is 6.80. The molecule has 0 atom stereocenters. The molecular formula is C18H27ClN4O2. The van der Waals surface area contributed by atoms with Crippen LogP contribution in [0, 0.1) is 0 Å². The van der Waals surface area contributed by atoms with E-state index in [9.17, 15) is 9.59 Å². The van der Waals surface area contributed by atoms with Gasteiger partial charge in [-0.2, -0.15) is 5.10 Å². The Bertz CT molecular complexity index is 781. The summed E-state index contributed by atoms with van der Waals surface area (Å²) in [5, 5.41) is 8.21. The van der Waals surface area contributed by atoms with Crippen molar-refractivity contribution >= 4 is 29.1 Å². The molecule has 3 N–H and O–H groups in total. The molecule has 138 valence electrons. The van der Waals surface area contributed by atoms with Gasteiger partial charge in [0.15, 0.2) is 5.69 Å². The van der Waals surface area contributed by atoms with Crippen LogP contribution in [0.2, 0.25) is 0 Å². The van der Waals surface area contributed by atoms with Crippen LogP contribution in [-0.4, -0.2) is 27.8 Å². The Morgan fingerprint density at radius 2 is 1.88 bits per heavy atom. The predicted molar refractivity (Wildman–Crippen MR) is 103 cm³/mol. The molecular weight excluding hydrogens is 340 g/mol. The Morgan fingerprint density at radius 1 is 1.24 bits per heavy atom. The number of nitrogens with one attached hydrogen (secondary N) is 1. The van der Waals surface area contributed by atoms with Crippen molar-refractivity contribution in [2.75, 3.05) is 6.54 Å². The number of unbranched alkanes of at least 4 members (excludes halogenated alkanes) is 2. The van der Waals surface area contributed by atoms with Crippen molar-refractivity contribution in [2.24, 2.45) is 5.73 Å². The summed E-state index contributed by atoms with van der Waals surface area (Å²) in [6.45, 7) is 6.62. The standard InChI is InChI=1S/C18H26N4O2.ClH/c1-4-5-8-11-22-17(24)14-10-7-6-9-13(14)15(21-22)16(23)20-12-18(2,3)19;/h6-7,9-10H,4-5,8,11-12,19H2,1-3H3,(H,20,23);1H. The van der Waals surface area contributed by atoms with Gasteiger partial charge in [-0.15, -0.1) is 12.4 Å². The molecule has 1 amide bonds. The second kappa shape index (κ2) is 8.97. The summed E-state index contributed by atoms with van der Waals surface area (Å²) in [4.78, 5) is 25.1. The molecule has 0 aliphatic heterocycles. The minimum absolute atomic E-state index is 0. The van der Waals surface area contributed by atoms with E-state index in [4.69, 9.17) is 5.73 Å². The van der Waals surface area contributed by atoms with Crippen LogP contribution in [-0.2, 0) is 6.54 Å². The number of halogens is 1. The monoisotopic (exact) mass is 366 g/mol. The molecule has 6 nitrogen and oxygen atoms in total. The van der Waals surface area contributed by atoms with E-state index in [1.807, 2.05) is 13.8 Å². The average molecular weight is 367 g/mol. The highest BCUT2D eigenvalue weighted by molar-refractivity contribution is 6.04. The maximum absolute atomic E-state index is 12.6. The number of aromatic nitrogens is 2. The fourth-order valence-electron chi connectivity index (χ4n) is 2.46. The molecule has 25 heavy (non-hydrogen) atoms. The zero-order valence-electron chi connectivity index (χ0n) is 15.0. The second-order valence-electron chi connectivity index (χ2n) is 6.80. The highest BCUT2D eigenvalue weighted by Crippen LogP contribution is 2.13. The molecule has 2 rings (SSSR count).